The first-order valence-electron chi connectivity index (χ1n) is 28.5. The molecule has 400 valence electrons. The van der Waals surface area contributed by atoms with Gasteiger partial charge in [0.1, 0.15) is 24.0 Å². The highest BCUT2D eigenvalue weighted by Crippen LogP contribution is 2.50. The van der Waals surface area contributed by atoms with E-state index in [2.05, 4.69) is 299 Å². The third-order valence-corrected chi connectivity index (χ3v) is 17.0. The van der Waals surface area contributed by atoms with Crippen LogP contribution in [0.3, 0.4) is 0 Å². The molecule has 1 aliphatic heterocycles. The number of pyridine rings is 1. The summed E-state index contributed by atoms with van der Waals surface area (Å²) in [6.07, 6.45) is 1.97. The van der Waals surface area contributed by atoms with E-state index in [1.807, 2.05) is 6.20 Å². The Kier molecular flexibility index (Phi) is 13.5. The van der Waals surface area contributed by atoms with E-state index in [-0.39, 0.29) is 21.7 Å². The molecule has 0 fully saturated rings. The Labute approximate surface area is 470 Å². The van der Waals surface area contributed by atoms with Crippen LogP contribution in [0, 0.1) is 0 Å². The minimum atomic E-state index is -0.260. The molecule has 0 aliphatic carbocycles. The Balaban J connectivity index is 1.10. The van der Waals surface area contributed by atoms with Crippen LogP contribution in [0.4, 0.5) is 22.7 Å². The van der Waals surface area contributed by atoms with Crippen molar-refractivity contribution in [3.63, 3.8) is 0 Å². The first-order chi connectivity index (χ1) is 37.6. The average molecular weight is 1040 g/mol. The fourth-order valence-electron chi connectivity index (χ4n) is 11.9. The normalized spacial score (nSPS) is 13.3. The van der Waals surface area contributed by atoms with Crippen molar-refractivity contribution in [1.29, 1.82) is 0 Å². The van der Waals surface area contributed by atoms with Crippen molar-refractivity contribution in [2.24, 2.45) is 0 Å². The van der Waals surface area contributed by atoms with Gasteiger partial charge in [-0.15, -0.1) is 0 Å². The number of fused-ring (bicyclic) bond motifs is 4. The molecule has 0 saturated carbocycles. The molecule has 0 bridgehead atoms. The van der Waals surface area contributed by atoms with E-state index in [0.717, 1.165) is 45.0 Å². The van der Waals surface area contributed by atoms with Crippen LogP contribution < -0.4 is 14.5 Å². The quantitative estimate of drug-likeness (QED) is 0.122. The highest BCUT2D eigenvalue weighted by atomic mass is 16.5. The zero-order valence-corrected chi connectivity index (χ0v) is 49.0. The molecule has 5 heteroatoms. The van der Waals surface area contributed by atoms with Crippen molar-refractivity contribution < 1.29 is 4.74 Å². The molecule has 3 heterocycles. The lowest BCUT2D eigenvalue weighted by atomic mass is 9.78. The molecule has 8 aromatic carbocycles. The van der Waals surface area contributed by atoms with E-state index in [0.29, 0.717) is 18.5 Å². The molecule has 5 nitrogen and oxygen atoms in total. The van der Waals surface area contributed by atoms with Gasteiger partial charge < -0.3 is 14.5 Å². The van der Waals surface area contributed by atoms with Gasteiger partial charge in [0.05, 0.1) is 22.4 Å². The van der Waals surface area contributed by atoms with Gasteiger partial charge in [-0.2, -0.15) is 0 Å². The summed E-state index contributed by atoms with van der Waals surface area (Å²) in [6.45, 7) is 32.9. The largest absolute Gasteiger partial charge is 0.457 e. The maximum absolute atomic E-state index is 7.35. The molecule has 0 spiro atoms. The monoisotopic (exact) mass is 1040 g/mol. The molecule has 1 aliphatic rings. The minimum absolute atomic E-state index is 0.00342. The number of anilines is 4. The van der Waals surface area contributed by atoms with E-state index in [1.54, 1.807) is 0 Å². The Morgan fingerprint density at radius 2 is 1.00 bits per heavy atom. The molecule has 0 N–H and O–H groups in total. The number of hydrogen-bond acceptors (Lipinski definition) is 4. The van der Waals surface area contributed by atoms with Crippen LogP contribution in [0.2, 0.25) is 0 Å². The summed E-state index contributed by atoms with van der Waals surface area (Å²) in [5, 5.41) is 2.32. The molecule has 0 radical (unpaired) electrons. The summed E-state index contributed by atoms with van der Waals surface area (Å²) >= 11 is 0. The molecular formula is C74H78N4O. The van der Waals surface area contributed by atoms with Gasteiger partial charge >= 0.3 is 0 Å². The third kappa shape index (κ3) is 9.92. The number of hydrogen-bond donors (Lipinski definition) is 0. The lowest BCUT2D eigenvalue weighted by molar-refractivity contribution is 0.483. The minimum Gasteiger partial charge on any atom is -0.457 e. The van der Waals surface area contributed by atoms with E-state index in [1.165, 1.54) is 72.5 Å². The fourth-order valence-corrected chi connectivity index (χ4v) is 11.9. The highest BCUT2D eigenvalue weighted by molar-refractivity contribution is 6.10. The molecule has 0 saturated heterocycles. The number of ether oxygens (including phenoxy) is 1. The van der Waals surface area contributed by atoms with Gasteiger partial charge in [-0.1, -0.05) is 200 Å². The molecule has 79 heavy (non-hydrogen) atoms. The Bertz CT molecular complexity index is 3860. The number of aromatic nitrogens is 2. The molecule has 11 rings (SSSR count). The highest BCUT2D eigenvalue weighted by Gasteiger charge is 2.33. The van der Waals surface area contributed by atoms with Crippen molar-refractivity contribution in [3.05, 3.63) is 239 Å². The fraction of sp³-hybridized carbons (Fsp3) is 0.284. The van der Waals surface area contributed by atoms with Gasteiger partial charge in [-0.3, -0.25) is 4.57 Å². The first-order valence-corrected chi connectivity index (χ1v) is 28.5. The maximum Gasteiger partial charge on any atom is 0.137 e. The second kappa shape index (κ2) is 20.1. The van der Waals surface area contributed by atoms with Crippen LogP contribution >= 0.6 is 0 Å². The predicted molar refractivity (Wildman–Crippen MR) is 335 cm³/mol. The lowest BCUT2D eigenvalue weighted by Crippen LogP contribution is -2.24. The first kappa shape index (κ1) is 53.1. The van der Waals surface area contributed by atoms with Crippen LogP contribution in [0.5, 0.6) is 11.5 Å². The van der Waals surface area contributed by atoms with Crippen molar-refractivity contribution >= 4 is 44.6 Å². The van der Waals surface area contributed by atoms with Crippen molar-refractivity contribution in [2.45, 2.75) is 130 Å². The summed E-state index contributed by atoms with van der Waals surface area (Å²) in [4.78, 5) is 10.1. The lowest BCUT2D eigenvalue weighted by Gasteiger charge is -2.27. The van der Waals surface area contributed by atoms with Gasteiger partial charge in [0.15, 0.2) is 0 Å². The van der Waals surface area contributed by atoms with Gasteiger partial charge in [0.25, 0.3) is 0 Å². The number of nitrogens with zero attached hydrogens (tertiary/aromatic N) is 4. The summed E-state index contributed by atoms with van der Waals surface area (Å²) in [7, 11) is 0. The van der Waals surface area contributed by atoms with E-state index >= 15 is 0 Å². The molecule has 2 aromatic heterocycles. The van der Waals surface area contributed by atoms with E-state index in [4.69, 9.17) is 9.72 Å². The second-order valence-electron chi connectivity index (χ2n) is 25.8. The number of rotatable bonds is 12. The van der Waals surface area contributed by atoms with Crippen LogP contribution in [0.25, 0.3) is 38.8 Å². The summed E-state index contributed by atoms with van der Waals surface area (Å²) in [5.41, 5.74) is 18.9. The van der Waals surface area contributed by atoms with Crippen molar-refractivity contribution in [1.82, 2.24) is 9.55 Å². The van der Waals surface area contributed by atoms with Crippen LogP contribution in [0.1, 0.15) is 153 Å². The molecular weight excluding hydrogens is 961 g/mol. The van der Waals surface area contributed by atoms with Crippen LogP contribution in [-0.4, -0.2) is 16.2 Å². The SMILES string of the molecule is CC(C)c1cccc(C(C)C)c1-c1cc(Oc2ccc3c4cc(C(C)(C)c5ccccc5)ccc4n(-c4cc(C(C)(C)c5ccccc5)ccn4)c3c2)cc(N2CN(c3cccc(C(C)(C)C)c3)c3cc(C(C)(C)C)ccc32)c1. The molecule has 0 unspecified atom stereocenters. The molecule has 0 amide bonds. The summed E-state index contributed by atoms with van der Waals surface area (Å²) in [5.74, 6) is 3.02. The zero-order chi connectivity index (χ0) is 55.8. The van der Waals surface area contributed by atoms with E-state index < -0.39 is 0 Å². The molecule has 10 aromatic rings. The van der Waals surface area contributed by atoms with Gasteiger partial charge in [0.2, 0.25) is 0 Å². The van der Waals surface area contributed by atoms with Gasteiger partial charge in [0, 0.05) is 51.3 Å². The van der Waals surface area contributed by atoms with E-state index in [9.17, 15) is 0 Å². The summed E-state index contributed by atoms with van der Waals surface area (Å²) < 4.78 is 9.69. The smallest absolute Gasteiger partial charge is 0.137 e. The second-order valence-corrected chi connectivity index (χ2v) is 25.8. The number of benzene rings is 8. The van der Waals surface area contributed by atoms with Gasteiger partial charge in [-0.05, 0) is 151 Å². The Morgan fingerprint density at radius 3 is 1.63 bits per heavy atom. The third-order valence-electron chi connectivity index (χ3n) is 17.0. The van der Waals surface area contributed by atoms with Crippen molar-refractivity contribution in [2.75, 3.05) is 16.5 Å². The summed E-state index contributed by atoms with van der Waals surface area (Å²) in [6, 6.07) is 69.7. The van der Waals surface area contributed by atoms with Gasteiger partial charge in [-0.25, -0.2) is 4.98 Å². The van der Waals surface area contributed by atoms with Crippen molar-refractivity contribution in [3.8, 4) is 28.4 Å². The average Bonchev–Trinajstić information content (AvgIpc) is 4.18. The predicted octanol–water partition coefficient (Wildman–Crippen LogP) is 20.4. The van der Waals surface area contributed by atoms with Crippen LogP contribution in [0.15, 0.2) is 194 Å². The zero-order valence-electron chi connectivity index (χ0n) is 49.0. The van der Waals surface area contributed by atoms with Crippen LogP contribution in [-0.2, 0) is 21.7 Å². The topological polar surface area (TPSA) is 33.5 Å². The standard InChI is InChI=1S/C74H78N4O/c1-48(2)61-29-22-30-62(49(3)4)70(61)50-39-58(77-47-76(57-28-21-27-53(41-57)71(5,6)7)68-43-54(72(8,9)10)31-36-66(68)77)45-60(40-50)79-59-33-34-63-64-42-55(73(11,12)51-23-17-15-18-24-51)32-35-65(64)78(67(63)46-59)69-44-56(37-38-75-69)74(13,14)52-25-19-16-20-26-52/h15-46,48-49H,47H2,1-14H3. The maximum atomic E-state index is 7.35. The Morgan fingerprint density at radius 1 is 0.418 bits per heavy atom. The Hall–Kier alpha value is -7.89. The molecule has 0 atom stereocenters.